The van der Waals surface area contributed by atoms with E-state index in [9.17, 15) is 0 Å². The minimum Gasteiger partial charge on any atom is -0.462 e. The van der Waals surface area contributed by atoms with Gasteiger partial charge in [-0.1, -0.05) is 24.0 Å². The van der Waals surface area contributed by atoms with Crippen molar-refractivity contribution in [3.63, 3.8) is 0 Å². The highest BCUT2D eigenvalue weighted by Gasteiger charge is 2.47. The van der Waals surface area contributed by atoms with E-state index in [1.807, 2.05) is 30.3 Å². The van der Waals surface area contributed by atoms with Gasteiger partial charge in [0.1, 0.15) is 19.0 Å². The van der Waals surface area contributed by atoms with Crippen molar-refractivity contribution in [2.75, 3.05) is 26.4 Å². The third kappa shape index (κ3) is 3.71. The maximum atomic E-state index is 9.01. The Bertz CT molecular complexity index is 1450. The van der Waals surface area contributed by atoms with Crippen molar-refractivity contribution in [1.29, 1.82) is 0 Å². The lowest BCUT2D eigenvalue weighted by Crippen LogP contribution is -2.31. The van der Waals surface area contributed by atoms with Gasteiger partial charge in [-0.05, 0) is 41.8 Å². The summed E-state index contributed by atoms with van der Waals surface area (Å²) in [5.41, 5.74) is 11.5. The molecule has 0 aliphatic carbocycles. The van der Waals surface area contributed by atoms with Gasteiger partial charge in [0.2, 0.25) is 0 Å². The van der Waals surface area contributed by atoms with Crippen LogP contribution in [-0.4, -0.2) is 47.5 Å². The maximum absolute atomic E-state index is 9.01. The summed E-state index contributed by atoms with van der Waals surface area (Å²) in [5, 5.41) is 9.01. The van der Waals surface area contributed by atoms with E-state index in [0.717, 1.165) is 45.5 Å². The number of ether oxygens (including phenoxy) is 3. The standard InChI is InChI=1S/C27H22N4O4/c28-26-31-27(16-34-26)21-11-19(20-10-17(2-1-7-32)13-29-14-20)3-4-24(21)35-25-15-30-23(12-22(25)27)18-5-8-33-9-6-18/h3-5,10-15,32H,6-9,16H2,(H2,28,31)/t27-/m0/s1. The van der Waals surface area contributed by atoms with E-state index in [4.69, 9.17) is 30.0 Å². The molecular formula is C27H22N4O4. The van der Waals surface area contributed by atoms with Crippen molar-refractivity contribution in [3.8, 4) is 34.5 Å². The van der Waals surface area contributed by atoms with E-state index in [0.29, 0.717) is 24.7 Å². The molecule has 0 radical (unpaired) electrons. The predicted molar refractivity (Wildman–Crippen MR) is 130 cm³/mol. The number of pyridine rings is 2. The predicted octanol–water partition coefficient (Wildman–Crippen LogP) is 2.99. The van der Waals surface area contributed by atoms with Gasteiger partial charge in [-0.15, -0.1) is 0 Å². The van der Waals surface area contributed by atoms with Crippen LogP contribution in [0.4, 0.5) is 0 Å². The SMILES string of the molecule is NC1=N[C@@]2(CO1)c1cc(-c3cncc(C#CCO)c3)ccc1Oc1cnc(C3=CCOCC3)cc12. The zero-order valence-corrected chi connectivity index (χ0v) is 18.8. The summed E-state index contributed by atoms with van der Waals surface area (Å²) in [6, 6.07) is 10.0. The molecule has 0 saturated heterocycles. The van der Waals surface area contributed by atoms with Gasteiger partial charge in [-0.25, -0.2) is 4.99 Å². The highest BCUT2D eigenvalue weighted by molar-refractivity contribution is 5.78. The molecule has 3 aliphatic heterocycles. The number of aliphatic imine (C=N–C) groups is 1. The summed E-state index contributed by atoms with van der Waals surface area (Å²) in [5.74, 6) is 6.87. The third-order valence-corrected chi connectivity index (χ3v) is 6.36. The number of hydrogen-bond donors (Lipinski definition) is 2. The Morgan fingerprint density at radius 2 is 1.97 bits per heavy atom. The fraction of sp³-hybridized carbons (Fsp3) is 0.222. The number of benzene rings is 1. The molecule has 1 atom stereocenters. The fourth-order valence-corrected chi connectivity index (χ4v) is 4.68. The number of fused-ring (bicyclic) bond motifs is 4. The van der Waals surface area contributed by atoms with Gasteiger partial charge >= 0.3 is 0 Å². The first-order valence-electron chi connectivity index (χ1n) is 11.3. The van der Waals surface area contributed by atoms with E-state index < -0.39 is 5.54 Å². The number of aliphatic hydroxyl groups excluding tert-OH is 1. The van der Waals surface area contributed by atoms with Gasteiger partial charge in [-0.2, -0.15) is 0 Å². The minimum atomic E-state index is -0.853. The van der Waals surface area contributed by atoms with Crippen molar-refractivity contribution < 1.29 is 19.3 Å². The molecule has 35 heavy (non-hydrogen) atoms. The summed E-state index contributed by atoms with van der Waals surface area (Å²) >= 11 is 0. The molecule has 3 N–H and O–H groups in total. The molecule has 0 saturated carbocycles. The summed E-state index contributed by atoms with van der Waals surface area (Å²) in [7, 11) is 0. The Morgan fingerprint density at radius 1 is 1.06 bits per heavy atom. The summed E-state index contributed by atoms with van der Waals surface area (Å²) in [6.07, 6.45) is 8.05. The molecule has 2 aromatic heterocycles. The second-order valence-electron chi connectivity index (χ2n) is 8.45. The lowest BCUT2D eigenvalue weighted by Gasteiger charge is -2.34. The summed E-state index contributed by atoms with van der Waals surface area (Å²) in [6.45, 7) is 1.30. The van der Waals surface area contributed by atoms with E-state index in [2.05, 4.69) is 27.9 Å². The molecule has 8 nitrogen and oxygen atoms in total. The number of nitrogens with zero attached hydrogens (tertiary/aromatic N) is 3. The quantitative estimate of drug-likeness (QED) is 0.559. The van der Waals surface area contributed by atoms with E-state index in [1.165, 1.54) is 0 Å². The van der Waals surface area contributed by atoms with Gasteiger partial charge in [0, 0.05) is 34.6 Å². The largest absolute Gasteiger partial charge is 0.462 e. The monoisotopic (exact) mass is 466 g/mol. The van der Waals surface area contributed by atoms with Crippen LogP contribution in [0.2, 0.25) is 0 Å². The van der Waals surface area contributed by atoms with E-state index >= 15 is 0 Å². The van der Waals surface area contributed by atoms with Crippen LogP contribution in [0.1, 0.15) is 28.8 Å². The van der Waals surface area contributed by atoms with E-state index in [1.54, 1.807) is 18.6 Å². The van der Waals surface area contributed by atoms with Crippen molar-refractivity contribution in [2.45, 2.75) is 12.0 Å². The molecule has 0 unspecified atom stereocenters. The van der Waals surface area contributed by atoms with Crippen LogP contribution < -0.4 is 10.5 Å². The number of amidine groups is 1. The zero-order valence-electron chi connectivity index (χ0n) is 18.8. The number of hydrogen-bond acceptors (Lipinski definition) is 8. The second kappa shape index (κ2) is 8.55. The Kier molecular flexibility index (Phi) is 5.21. The van der Waals surface area contributed by atoms with Crippen molar-refractivity contribution in [1.82, 2.24) is 9.97 Å². The van der Waals surface area contributed by atoms with Gasteiger partial charge in [0.05, 0.1) is 25.1 Å². The number of aromatic nitrogens is 2. The molecule has 1 spiro atoms. The molecule has 3 aliphatic rings. The minimum absolute atomic E-state index is 0.140. The topological polar surface area (TPSA) is 112 Å². The smallest absolute Gasteiger partial charge is 0.283 e. The average Bonchev–Trinajstić information content (AvgIpc) is 3.30. The Balaban J connectivity index is 1.48. The molecule has 0 fully saturated rings. The van der Waals surface area contributed by atoms with Gasteiger partial charge in [0.25, 0.3) is 6.02 Å². The third-order valence-electron chi connectivity index (χ3n) is 6.36. The number of aliphatic hydroxyl groups is 1. The number of nitrogens with two attached hydrogens (primary N) is 1. The number of rotatable bonds is 2. The Labute approximate surface area is 202 Å². The highest BCUT2D eigenvalue weighted by Crippen LogP contribution is 2.51. The van der Waals surface area contributed by atoms with Crippen molar-refractivity contribution in [2.24, 2.45) is 10.7 Å². The van der Waals surface area contributed by atoms with Gasteiger partial charge < -0.3 is 25.1 Å². The van der Waals surface area contributed by atoms with Crippen LogP contribution in [0.5, 0.6) is 11.5 Å². The molecule has 6 rings (SSSR count). The van der Waals surface area contributed by atoms with Crippen LogP contribution in [0.15, 0.2) is 60.0 Å². The zero-order chi connectivity index (χ0) is 23.8. The fourth-order valence-electron chi connectivity index (χ4n) is 4.68. The van der Waals surface area contributed by atoms with Crippen molar-refractivity contribution in [3.05, 3.63) is 77.4 Å². The molecular weight excluding hydrogens is 444 g/mol. The van der Waals surface area contributed by atoms with Gasteiger partial charge in [0.15, 0.2) is 11.3 Å². The second-order valence-corrected chi connectivity index (χ2v) is 8.45. The molecule has 8 heteroatoms. The first-order chi connectivity index (χ1) is 17.2. The van der Waals surface area contributed by atoms with Crippen LogP contribution in [0, 0.1) is 11.8 Å². The summed E-state index contributed by atoms with van der Waals surface area (Å²) < 4.78 is 17.4. The van der Waals surface area contributed by atoms with Crippen molar-refractivity contribution >= 4 is 11.6 Å². The van der Waals surface area contributed by atoms with Gasteiger partial charge in [-0.3, -0.25) is 9.97 Å². The molecule has 5 heterocycles. The Morgan fingerprint density at radius 3 is 2.77 bits per heavy atom. The Hall–Kier alpha value is -4.19. The normalized spacial score (nSPS) is 19.9. The highest BCUT2D eigenvalue weighted by atomic mass is 16.5. The lowest BCUT2D eigenvalue weighted by molar-refractivity contribution is 0.161. The van der Waals surface area contributed by atoms with E-state index in [-0.39, 0.29) is 19.2 Å². The van der Waals surface area contributed by atoms with Crippen LogP contribution in [-0.2, 0) is 15.0 Å². The summed E-state index contributed by atoms with van der Waals surface area (Å²) in [4.78, 5) is 13.8. The first kappa shape index (κ1) is 21.4. The molecule has 0 amide bonds. The van der Waals surface area contributed by atoms with Crippen LogP contribution in [0.3, 0.4) is 0 Å². The first-order valence-corrected chi connectivity index (χ1v) is 11.3. The molecule has 174 valence electrons. The van der Waals surface area contributed by atoms with Crippen LogP contribution in [0.25, 0.3) is 16.7 Å². The molecule has 1 aromatic carbocycles. The van der Waals surface area contributed by atoms with Crippen LogP contribution >= 0.6 is 0 Å². The maximum Gasteiger partial charge on any atom is 0.283 e. The lowest BCUT2D eigenvalue weighted by atomic mass is 9.80. The average molecular weight is 466 g/mol. The molecule has 0 bridgehead atoms. The molecule has 3 aromatic rings.